The molecule has 1 aliphatic carbocycles. The minimum absolute atomic E-state index is 0.266. The van der Waals surface area contributed by atoms with Gasteiger partial charge in [0.2, 0.25) is 0 Å². The number of rotatable bonds is 2. The van der Waals surface area contributed by atoms with Gasteiger partial charge in [-0.3, -0.25) is 4.79 Å². The highest BCUT2D eigenvalue weighted by atomic mass is 35.5. The van der Waals surface area contributed by atoms with E-state index in [4.69, 9.17) is 16.7 Å². The van der Waals surface area contributed by atoms with Crippen LogP contribution in [0.25, 0.3) is 0 Å². The summed E-state index contributed by atoms with van der Waals surface area (Å²) in [6.45, 7) is 0. The van der Waals surface area contributed by atoms with Gasteiger partial charge in [0.1, 0.15) is 10.7 Å². The van der Waals surface area contributed by atoms with Crippen molar-refractivity contribution in [2.24, 2.45) is 0 Å². The van der Waals surface area contributed by atoms with Gasteiger partial charge >= 0.3 is 5.97 Å². The summed E-state index contributed by atoms with van der Waals surface area (Å²) in [7, 11) is 0. The highest BCUT2D eigenvalue weighted by Gasteiger charge is 2.60. The fraction of sp³-hybridized carbons (Fsp3) is 0.300. The minimum Gasteiger partial charge on any atom is -0.480 e. The van der Waals surface area contributed by atoms with Gasteiger partial charge in [0.05, 0.1) is 0 Å². The quantitative estimate of drug-likeness (QED) is 0.768. The van der Waals surface area contributed by atoms with E-state index in [1.165, 1.54) is 12.1 Å². The zero-order valence-electron chi connectivity index (χ0n) is 7.21. The first-order chi connectivity index (χ1) is 6.54. The molecule has 0 bridgehead atoms. The number of carboxylic acid groups (broad SMARTS) is 1. The van der Waals surface area contributed by atoms with Gasteiger partial charge in [0.25, 0.3) is 0 Å². The van der Waals surface area contributed by atoms with Gasteiger partial charge in [-0.05, 0) is 24.1 Å². The molecule has 0 saturated heterocycles. The maximum Gasteiger partial charge on any atom is 0.325 e. The molecule has 74 valence electrons. The van der Waals surface area contributed by atoms with Crippen LogP contribution in [-0.4, -0.2) is 16.0 Å². The molecule has 0 amide bonds. The molecule has 1 aromatic carbocycles. The molecule has 1 fully saturated rings. The van der Waals surface area contributed by atoms with E-state index < -0.39 is 10.8 Å². The standard InChI is InChI=1S/C10H8ClFO2/c11-10(9(13)14)5-8(10)6-2-1-3-7(12)4-6/h1-4,8H,5H2,(H,13,14). The molecular formula is C10H8ClFO2. The van der Waals surface area contributed by atoms with E-state index in [9.17, 15) is 9.18 Å². The summed E-state index contributed by atoms with van der Waals surface area (Å²) in [4.78, 5) is 9.51. The summed E-state index contributed by atoms with van der Waals surface area (Å²) >= 11 is 5.81. The van der Waals surface area contributed by atoms with E-state index in [0.29, 0.717) is 12.0 Å². The zero-order valence-corrected chi connectivity index (χ0v) is 7.96. The predicted molar refractivity (Wildman–Crippen MR) is 50.0 cm³/mol. The average Bonchev–Trinajstić information content (AvgIpc) is 2.80. The Labute approximate surface area is 85.3 Å². The Kier molecular flexibility index (Phi) is 2.00. The van der Waals surface area contributed by atoms with Crippen LogP contribution in [0.5, 0.6) is 0 Å². The lowest BCUT2D eigenvalue weighted by Gasteiger charge is -2.02. The number of alkyl halides is 1. The van der Waals surface area contributed by atoms with Crippen LogP contribution >= 0.6 is 11.6 Å². The first kappa shape index (κ1) is 9.46. The van der Waals surface area contributed by atoms with Gasteiger partial charge in [0.15, 0.2) is 0 Å². The first-order valence-corrected chi connectivity index (χ1v) is 4.59. The Morgan fingerprint density at radius 1 is 1.64 bits per heavy atom. The number of hydrogen-bond acceptors (Lipinski definition) is 1. The molecule has 0 aromatic heterocycles. The highest BCUT2D eigenvalue weighted by molar-refractivity contribution is 6.37. The third-order valence-corrected chi connectivity index (χ3v) is 3.08. The second kappa shape index (κ2) is 2.95. The summed E-state index contributed by atoms with van der Waals surface area (Å²) in [5.74, 6) is -1.66. The van der Waals surface area contributed by atoms with Gasteiger partial charge in [-0.1, -0.05) is 12.1 Å². The summed E-state index contributed by atoms with van der Waals surface area (Å²) < 4.78 is 12.8. The Hall–Kier alpha value is -1.09. The Bertz CT molecular complexity index is 393. The lowest BCUT2D eigenvalue weighted by Crippen LogP contribution is -2.16. The van der Waals surface area contributed by atoms with Gasteiger partial charge in [-0.25, -0.2) is 4.39 Å². The third-order valence-electron chi connectivity index (χ3n) is 2.50. The monoisotopic (exact) mass is 214 g/mol. The lowest BCUT2D eigenvalue weighted by atomic mass is 10.1. The smallest absolute Gasteiger partial charge is 0.325 e. The molecule has 4 heteroatoms. The topological polar surface area (TPSA) is 37.3 Å². The first-order valence-electron chi connectivity index (χ1n) is 4.22. The van der Waals surface area contributed by atoms with E-state index in [-0.39, 0.29) is 11.7 Å². The Morgan fingerprint density at radius 3 is 2.86 bits per heavy atom. The summed E-state index contributed by atoms with van der Waals surface area (Å²) in [6.07, 6.45) is 0.368. The number of carbonyl (C=O) groups is 1. The van der Waals surface area contributed by atoms with Crippen LogP contribution in [0.4, 0.5) is 4.39 Å². The summed E-state index contributed by atoms with van der Waals surface area (Å²) in [5.41, 5.74) is 0.655. The van der Waals surface area contributed by atoms with Crippen LogP contribution < -0.4 is 0 Å². The molecule has 0 spiro atoms. The maximum atomic E-state index is 12.8. The van der Waals surface area contributed by atoms with Crippen molar-refractivity contribution in [3.05, 3.63) is 35.6 Å². The molecule has 14 heavy (non-hydrogen) atoms. The number of benzene rings is 1. The largest absolute Gasteiger partial charge is 0.480 e. The van der Waals surface area contributed by atoms with E-state index in [1.807, 2.05) is 0 Å². The van der Waals surface area contributed by atoms with Crippen LogP contribution in [0, 0.1) is 5.82 Å². The minimum atomic E-state index is -1.21. The molecule has 0 heterocycles. The molecule has 0 radical (unpaired) electrons. The molecule has 1 aliphatic rings. The van der Waals surface area contributed by atoms with Crippen molar-refractivity contribution in [2.45, 2.75) is 17.2 Å². The second-order valence-electron chi connectivity index (χ2n) is 3.48. The number of carboxylic acids is 1. The normalized spacial score (nSPS) is 30.0. The second-order valence-corrected chi connectivity index (χ2v) is 4.15. The van der Waals surface area contributed by atoms with Crippen LogP contribution in [0.3, 0.4) is 0 Å². The molecule has 1 N–H and O–H groups in total. The third kappa shape index (κ3) is 1.38. The SMILES string of the molecule is O=C(O)C1(Cl)CC1c1cccc(F)c1. The zero-order chi connectivity index (χ0) is 10.3. The summed E-state index contributed by atoms with van der Waals surface area (Å²) in [6, 6.07) is 5.91. The molecular weight excluding hydrogens is 207 g/mol. The van der Waals surface area contributed by atoms with E-state index in [1.54, 1.807) is 12.1 Å². The molecule has 2 rings (SSSR count). The molecule has 1 saturated carbocycles. The number of hydrogen-bond donors (Lipinski definition) is 1. The molecule has 0 aliphatic heterocycles. The van der Waals surface area contributed by atoms with Gasteiger partial charge < -0.3 is 5.11 Å². The molecule has 2 unspecified atom stereocenters. The van der Waals surface area contributed by atoms with Gasteiger partial charge in [0, 0.05) is 5.92 Å². The fourth-order valence-electron chi connectivity index (χ4n) is 1.58. The number of halogens is 2. The lowest BCUT2D eigenvalue weighted by molar-refractivity contribution is -0.137. The fourth-order valence-corrected chi connectivity index (χ4v) is 1.86. The predicted octanol–water partition coefficient (Wildman–Crippen LogP) is 2.38. The van der Waals surface area contributed by atoms with Crippen LogP contribution in [-0.2, 0) is 4.79 Å². The van der Waals surface area contributed by atoms with E-state index in [2.05, 4.69) is 0 Å². The van der Waals surface area contributed by atoms with Gasteiger partial charge in [-0.15, -0.1) is 11.6 Å². The average molecular weight is 215 g/mol. The van der Waals surface area contributed by atoms with Crippen molar-refractivity contribution in [1.82, 2.24) is 0 Å². The van der Waals surface area contributed by atoms with Crippen molar-refractivity contribution >= 4 is 17.6 Å². The van der Waals surface area contributed by atoms with Crippen molar-refractivity contribution in [3.8, 4) is 0 Å². The van der Waals surface area contributed by atoms with Crippen molar-refractivity contribution < 1.29 is 14.3 Å². The summed E-state index contributed by atoms with van der Waals surface area (Å²) in [5, 5.41) is 8.79. The highest BCUT2D eigenvalue weighted by Crippen LogP contribution is 2.56. The Balaban J connectivity index is 2.25. The molecule has 2 nitrogen and oxygen atoms in total. The van der Waals surface area contributed by atoms with E-state index in [0.717, 1.165) is 0 Å². The van der Waals surface area contributed by atoms with Crippen molar-refractivity contribution in [1.29, 1.82) is 0 Å². The maximum absolute atomic E-state index is 12.8. The molecule has 2 atom stereocenters. The van der Waals surface area contributed by atoms with Gasteiger partial charge in [-0.2, -0.15) is 0 Å². The van der Waals surface area contributed by atoms with Crippen molar-refractivity contribution in [2.75, 3.05) is 0 Å². The van der Waals surface area contributed by atoms with Crippen LogP contribution in [0.2, 0.25) is 0 Å². The van der Waals surface area contributed by atoms with Crippen LogP contribution in [0.1, 0.15) is 17.9 Å². The van der Waals surface area contributed by atoms with Crippen molar-refractivity contribution in [3.63, 3.8) is 0 Å². The van der Waals surface area contributed by atoms with Crippen LogP contribution in [0.15, 0.2) is 24.3 Å². The Morgan fingerprint density at radius 2 is 2.36 bits per heavy atom. The van der Waals surface area contributed by atoms with E-state index >= 15 is 0 Å². The number of aliphatic carboxylic acids is 1. The molecule has 1 aromatic rings.